The lowest BCUT2D eigenvalue weighted by atomic mass is 9.81. The molecule has 0 saturated carbocycles. The molecule has 8 nitrogen and oxygen atoms in total. The molecule has 0 atom stereocenters. The van der Waals surface area contributed by atoms with Crippen molar-refractivity contribution in [3.8, 4) is 0 Å². The van der Waals surface area contributed by atoms with Gasteiger partial charge in [-0.3, -0.25) is 9.59 Å². The molecule has 5 aromatic rings. The van der Waals surface area contributed by atoms with Gasteiger partial charge in [0.05, 0.1) is 22.3 Å². The van der Waals surface area contributed by atoms with Crippen LogP contribution in [0.3, 0.4) is 0 Å². The third-order valence-corrected chi connectivity index (χ3v) is 6.66. The predicted octanol–water partition coefficient (Wildman–Crippen LogP) is 5.41. The Hall–Kier alpha value is -4.72. The Morgan fingerprint density at radius 1 is 0.579 bits per heavy atom. The van der Waals surface area contributed by atoms with Crippen LogP contribution in [0, 0.1) is 0 Å². The van der Waals surface area contributed by atoms with Gasteiger partial charge in [0.2, 0.25) is 0 Å². The number of nitrogens with one attached hydrogen (secondary N) is 2. The smallest absolute Gasteiger partial charge is 0.337 e. The minimum atomic E-state index is -1.50. The molecule has 0 spiro atoms. The summed E-state index contributed by atoms with van der Waals surface area (Å²) >= 11 is 0. The lowest BCUT2D eigenvalue weighted by Gasteiger charge is -2.23. The summed E-state index contributed by atoms with van der Waals surface area (Å²) in [6, 6.07) is 13.6. The number of benzene rings is 5. The summed E-state index contributed by atoms with van der Waals surface area (Å²) in [5.74, 6) is -4.22. The minimum absolute atomic E-state index is 0.0843. The molecular weight excluding hydrogens is 484 g/mol. The topological polar surface area (TPSA) is 133 Å². The van der Waals surface area contributed by atoms with Crippen LogP contribution in [0.4, 0.5) is 0 Å². The van der Waals surface area contributed by atoms with Gasteiger partial charge in [0, 0.05) is 22.9 Å². The van der Waals surface area contributed by atoms with E-state index in [4.69, 9.17) is 0 Å². The molecule has 0 unspecified atom stereocenters. The highest BCUT2D eigenvalue weighted by Gasteiger charge is 2.34. The largest absolute Gasteiger partial charge is 0.478 e. The first kappa shape index (κ1) is 25.0. The Morgan fingerprint density at radius 3 is 1.68 bits per heavy atom. The summed E-state index contributed by atoms with van der Waals surface area (Å²) in [6.07, 6.45) is 0. The van der Waals surface area contributed by atoms with Crippen LogP contribution in [-0.4, -0.2) is 46.0 Å². The zero-order valence-electron chi connectivity index (χ0n) is 21.3. The van der Waals surface area contributed by atoms with Gasteiger partial charge in [-0.25, -0.2) is 9.59 Å². The first-order chi connectivity index (χ1) is 18.0. The van der Waals surface area contributed by atoms with Crippen LogP contribution >= 0.6 is 0 Å². The van der Waals surface area contributed by atoms with Gasteiger partial charge in [0.25, 0.3) is 11.8 Å². The summed E-state index contributed by atoms with van der Waals surface area (Å²) in [6.45, 7) is 6.96. The summed E-state index contributed by atoms with van der Waals surface area (Å²) < 4.78 is 0. The third kappa shape index (κ3) is 3.68. The summed E-state index contributed by atoms with van der Waals surface area (Å²) in [5.41, 5.74) is -1.22. The van der Waals surface area contributed by atoms with Crippen molar-refractivity contribution in [3.63, 3.8) is 0 Å². The van der Waals surface area contributed by atoms with Crippen molar-refractivity contribution >= 4 is 66.8 Å². The quantitative estimate of drug-likeness (QED) is 0.178. The van der Waals surface area contributed by atoms with Gasteiger partial charge in [-0.2, -0.15) is 0 Å². The van der Waals surface area contributed by atoms with E-state index in [0.717, 1.165) is 16.2 Å². The van der Waals surface area contributed by atoms with Gasteiger partial charge in [-0.15, -0.1) is 0 Å². The minimum Gasteiger partial charge on any atom is -0.478 e. The number of amides is 2. The Kier molecular flexibility index (Phi) is 5.90. The Balaban J connectivity index is 2.20. The van der Waals surface area contributed by atoms with E-state index in [1.807, 2.05) is 36.4 Å². The van der Waals surface area contributed by atoms with Crippen molar-refractivity contribution in [3.05, 3.63) is 70.8 Å². The number of carbonyl (C=O) groups is 4. The number of carboxylic acid groups (broad SMARTS) is 2. The van der Waals surface area contributed by atoms with Crippen molar-refractivity contribution < 1.29 is 29.4 Å². The maximum Gasteiger partial charge on any atom is 0.337 e. The first-order valence-corrected chi connectivity index (χ1v) is 12.3. The Morgan fingerprint density at radius 2 is 1.13 bits per heavy atom. The second kappa shape index (κ2) is 8.99. The van der Waals surface area contributed by atoms with Crippen molar-refractivity contribution in [1.82, 2.24) is 10.6 Å². The molecule has 2 amide bonds. The van der Waals surface area contributed by atoms with Crippen molar-refractivity contribution in [2.24, 2.45) is 0 Å². The second-order valence-corrected chi connectivity index (χ2v) is 9.99. The van der Waals surface area contributed by atoms with Crippen LogP contribution in [0.1, 0.15) is 69.1 Å². The molecule has 0 aliphatic carbocycles. The predicted molar refractivity (Wildman–Crippen MR) is 147 cm³/mol. The van der Waals surface area contributed by atoms with Crippen molar-refractivity contribution in [2.75, 3.05) is 0 Å². The van der Waals surface area contributed by atoms with E-state index >= 15 is 0 Å². The number of hydrogen-bond donors (Lipinski definition) is 4. The van der Waals surface area contributed by atoms with Crippen LogP contribution in [-0.2, 0) is 0 Å². The zero-order valence-corrected chi connectivity index (χ0v) is 21.3. The maximum atomic E-state index is 13.8. The van der Waals surface area contributed by atoms with E-state index in [-0.39, 0.29) is 34.2 Å². The molecule has 0 aliphatic rings. The molecule has 0 aromatic heterocycles. The summed E-state index contributed by atoms with van der Waals surface area (Å²) in [5, 5.41) is 30.4. The molecule has 0 aliphatic heterocycles. The van der Waals surface area contributed by atoms with Crippen molar-refractivity contribution in [1.29, 1.82) is 0 Å². The fraction of sp³-hybridized carbons (Fsp3) is 0.200. The summed E-state index contributed by atoms with van der Waals surface area (Å²) in [7, 11) is 0. The number of fused-ring (bicyclic) bond motifs is 2. The van der Waals surface area contributed by atoms with Crippen LogP contribution in [0.5, 0.6) is 0 Å². The monoisotopic (exact) mass is 510 g/mol. The van der Waals surface area contributed by atoms with E-state index in [9.17, 15) is 29.4 Å². The maximum absolute atomic E-state index is 13.8. The van der Waals surface area contributed by atoms with Crippen LogP contribution in [0.15, 0.2) is 48.5 Å². The fourth-order valence-corrected chi connectivity index (χ4v) is 5.40. The second-order valence-electron chi connectivity index (χ2n) is 9.99. The molecule has 38 heavy (non-hydrogen) atoms. The molecule has 4 N–H and O–H groups in total. The van der Waals surface area contributed by atoms with Gasteiger partial charge >= 0.3 is 11.9 Å². The van der Waals surface area contributed by atoms with Crippen LogP contribution < -0.4 is 10.6 Å². The third-order valence-electron chi connectivity index (χ3n) is 6.66. The van der Waals surface area contributed by atoms with Gasteiger partial charge in [-0.1, -0.05) is 42.5 Å². The highest BCUT2D eigenvalue weighted by Crippen LogP contribution is 2.45. The average molecular weight is 511 g/mol. The van der Waals surface area contributed by atoms with Gasteiger partial charge in [0.15, 0.2) is 0 Å². The lowest BCUT2D eigenvalue weighted by molar-refractivity contribution is 0.0692. The van der Waals surface area contributed by atoms with Crippen LogP contribution in [0.2, 0.25) is 0 Å². The molecule has 8 heteroatoms. The number of hydrogen-bond acceptors (Lipinski definition) is 4. The zero-order chi connectivity index (χ0) is 27.5. The molecule has 0 radical (unpaired) electrons. The van der Waals surface area contributed by atoms with E-state index < -0.39 is 29.3 Å². The normalized spacial score (nSPS) is 11.7. The number of carbonyl (C=O) groups excluding carboxylic acids is 2. The number of aromatic carboxylic acids is 2. The molecule has 0 bridgehead atoms. The summed E-state index contributed by atoms with van der Waals surface area (Å²) in [4.78, 5) is 52.8. The Bertz CT molecular complexity index is 1810. The van der Waals surface area contributed by atoms with Crippen LogP contribution in [0.25, 0.3) is 43.1 Å². The van der Waals surface area contributed by atoms with E-state index in [0.29, 0.717) is 21.5 Å². The number of carboxylic acids is 2. The molecule has 5 rings (SSSR count). The SMILES string of the molecule is CC(C)NC(=O)c1c(C(=O)O)c2c(C(=O)O)ccc3c4cccc5cccc(c(c1C(=O)NC(C)C)c23)c54. The highest BCUT2D eigenvalue weighted by molar-refractivity contribution is 6.40. The molecule has 0 fully saturated rings. The molecule has 5 aromatic carbocycles. The number of rotatable bonds is 6. The van der Waals surface area contributed by atoms with Gasteiger partial charge in [-0.05, 0) is 66.1 Å². The lowest BCUT2D eigenvalue weighted by Crippen LogP contribution is -2.36. The highest BCUT2D eigenvalue weighted by atomic mass is 16.4. The first-order valence-electron chi connectivity index (χ1n) is 12.3. The standard InChI is InChI=1S/C30H26N2O6/c1-13(2)31-27(33)24-22-18-10-6-8-15-7-5-9-16(20(15)18)17-11-12-19(29(35)36)23(21(17)22)26(30(37)38)25(24)28(34)32-14(3)4/h5-14H,1-4H3,(H,31,33)(H,32,34)(H,35,36)(H,37,38). The molecular formula is C30H26N2O6. The van der Waals surface area contributed by atoms with Gasteiger partial charge in [0.1, 0.15) is 0 Å². The van der Waals surface area contributed by atoms with Gasteiger partial charge < -0.3 is 20.8 Å². The molecule has 192 valence electrons. The fourth-order valence-electron chi connectivity index (χ4n) is 5.40. The molecule has 0 saturated heterocycles. The van der Waals surface area contributed by atoms with E-state index in [1.54, 1.807) is 33.8 Å². The molecule has 0 heterocycles. The average Bonchev–Trinajstić information content (AvgIpc) is 2.84. The van der Waals surface area contributed by atoms with E-state index in [1.165, 1.54) is 6.07 Å². The Labute approximate surface area is 217 Å². The van der Waals surface area contributed by atoms with E-state index in [2.05, 4.69) is 10.6 Å². The van der Waals surface area contributed by atoms with Crippen molar-refractivity contribution in [2.45, 2.75) is 39.8 Å².